The second-order valence-electron chi connectivity index (χ2n) is 5.97. The van der Waals surface area contributed by atoms with Gasteiger partial charge in [-0.15, -0.1) is 0 Å². The number of carbonyl (C=O) groups is 3. The van der Waals surface area contributed by atoms with Crippen molar-refractivity contribution in [1.82, 2.24) is 0 Å². The molecule has 0 fully saturated rings. The van der Waals surface area contributed by atoms with Crippen LogP contribution in [0, 0.1) is 6.92 Å². The van der Waals surface area contributed by atoms with Gasteiger partial charge < -0.3 is 14.8 Å². The molecular formula is C21H20ClNO5. The summed E-state index contributed by atoms with van der Waals surface area (Å²) in [5.41, 5.74) is 2.49. The van der Waals surface area contributed by atoms with E-state index in [0.29, 0.717) is 21.8 Å². The van der Waals surface area contributed by atoms with Gasteiger partial charge in [0.05, 0.1) is 12.7 Å². The normalized spacial score (nSPS) is 11.7. The highest BCUT2D eigenvalue weighted by atomic mass is 35.5. The molecule has 0 radical (unpaired) electrons. The third-order valence-corrected chi connectivity index (χ3v) is 4.10. The van der Waals surface area contributed by atoms with Crippen LogP contribution in [0.3, 0.4) is 0 Å². The lowest BCUT2D eigenvalue weighted by molar-refractivity contribution is -0.148. The molecule has 2 aromatic carbocycles. The molecule has 7 heteroatoms. The van der Waals surface area contributed by atoms with Crippen molar-refractivity contribution >= 4 is 41.2 Å². The summed E-state index contributed by atoms with van der Waals surface area (Å²) >= 11 is 5.93. The number of hydrogen-bond donors (Lipinski definition) is 1. The van der Waals surface area contributed by atoms with Gasteiger partial charge in [0.1, 0.15) is 0 Å². The van der Waals surface area contributed by atoms with Crippen molar-refractivity contribution in [1.29, 1.82) is 0 Å². The molecule has 1 atom stereocenters. The number of halogens is 1. The first-order chi connectivity index (χ1) is 13.3. The number of benzene rings is 2. The Balaban J connectivity index is 1.92. The van der Waals surface area contributed by atoms with E-state index in [0.717, 1.165) is 5.56 Å². The highest BCUT2D eigenvalue weighted by molar-refractivity contribution is 6.31. The molecule has 0 saturated heterocycles. The molecule has 28 heavy (non-hydrogen) atoms. The second kappa shape index (κ2) is 9.71. The van der Waals surface area contributed by atoms with Crippen molar-refractivity contribution in [2.45, 2.75) is 20.0 Å². The number of anilines is 1. The molecule has 0 aliphatic carbocycles. The fourth-order valence-electron chi connectivity index (χ4n) is 2.24. The van der Waals surface area contributed by atoms with Crippen molar-refractivity contribution < 1.29 is 23.9 Å². The van der Waals surface area contributed by atoms with E-state index in [2.05, 4.69) is 10.1 Å². The van der Waals surface area contributed by atoms with E-state index in [1.165, 1.54) is 26.2 Å². The minimum atomic E-state index is -0.989. The second-order valence-corrected chi connectivity index (χ2v) is 6.41. The topological polar surface area (TPSA) is 81.7 Å². The molecule has 1 N–H and O–H groups in total. The number of amides is 1. The zero-order valence-corrected chi connectivity index (χ0v) is 16.4. The van der Waals surface area contributed by atoms with E-state index in [1.807, 2.05) is 6.92 Å². The number of ether oxygens (including phenoxy) is 2. The molecule has 0 aromatic heterocycles. The van der Waals surface area contributed by atoms with Crippen molar-refractivity contribution in [3.63, 3.8) is 0 Å². The summed E-state index contributed by atoms with van der Waals surface area (Å²) in [4.78, 5) is 35.5. The van der Waals surface area contributed by atoms with Gasteiger partial charge in [-0.25, -0.2) is 9.59 Å². The number of hydrogen-bond acceptors (Lipinski definition) is 5. The summed E-state index contributed by atoms with van der Waals surface area (Å²) in [6, 6.07) is 11.6. The molecule has 0 unspecified atom stereocenters. The van der Waals surface area contributed by atoms with Gasteiger partial charge in [-0.2, -0.15) is 0 Å². The first-order valence-electron chi connectivity index (χ1n) is 8.44. The predicted molar refractivity (Wildman–Crippen MR) is 107 cm³/mol. The third-order valence-electron chi connectivity index (χ3n) is 3.86. The fourth-order valence-corrected chi connectivity index (χ4v) is 2.41. The summed E-state index contributed by atoms with van der Waals surface area (Å²) in [6.07, 6.45) is 1.74. The molecule has 0 aliphatic rings. The molecular weight excluding hydrogens is 382 g/mol. The first kappa shape index (κ1) is 21.2. The number of carbonyl (C=O) groups excluding carboxylic acids is 3. The number of esters is 2. The Morgan fingerprint density at radius 2 is 1.79 bits per heavy atom. The minimum Gasteiger partial charge on any atom is -0.465 e. The van der Waals surface area contributed by atoms with Crippen LogP contribution in [0.15, 0.2) is 48.5 Å². The molecule has 0 aliphatic heterocycles. The van der Waals surface area contributed by atoms with Crippen LogP contribution in [0.1, 0.15) is 28.4 Å². The summed E-state index contributed by atoms with van der Waals surface area (Å²) in [5.74, 6) is -1.57. The molecule has 2 aromatic rings. The molecule has 0 spiro atoms. The van der Waals surface area contributed by atoms with Crippen LogP contribution < -0.4 is 5.32 Å². The Labute approximate surface area is 168 Å². The number of aryl methyl sites for hydroxylation is 1. The van der Waals surface area contributed by atoms with Gasteiger partial charge in [-0.05, 0) is 55.3 Å². The maximum Gasteiger partial charge on any atom is 0.337 e. The molecule has 6 nitrogen and oxygen atoms in total. The van der Waals surface area contributed by atoms with Crippen LogP contribution in [0.2, 0.25) is 5.02 Å². The largest absolute Gasteiger partial charge is 0.465 e. The third kappa shape index (κ3) is 5.96. The lowest BCUT2D eigenvalue weighted by atomic mass is 10.1. The maximum atomic E-state index is 12.2. The smallest absolute Gasteiger partial charge is 0.337 e. The van der Waals surface area contributed by atoms with Crippen LogP contribution in [0.4, 0.5) is 5.69 Å². The Morgan fingerprint density at radius 1 is 1.11 bits per heavy atom. The monoisotopic (exact) mass is 401 g/mol. The lowest BCUT2D eigenvalue weighted by Crippen LogP contribution is -2.29. The van der Waals surface area contributed by atoms with Gasteiger partial charge in [-0.3, -0.25) is 4.79 Å². The average molecular weight is 402 g/mol. The van der Waals surface area contributed by atoms with E-state index >= 15 is 0 Å². The maximum absolute atomic E-state index is 12.2. The van der Waals surface area contributed by atoms with Crippen molar-refractivity contribution in [2.24, 2.45) is 0 Å². The van der Waals surface area contributed by atoms with E-state index in [4.69, 9.17) is 16.3 Å². The molecule has 1 amide bonds. The highest BCUT2D eigenvalue weighted by Crippen LogP contribution is 2.20. The van der Waals surface area contributed by atoms with Crippen LogP contribution in [-0.4, -0.2) is 31.1 Å². The van der Waals surface area contributed by atoms with Crippen LogP contribution in [-0.2, 0) is 19.1 Å². The first-order valence-corrected chi connectivity index (χ1v) is 8.82. The Hall–Kier alpha value is -3.12. The summed E-state index contributed by atoms with van der Waals surface area (Å²) in [5, 5.41) is 3.18. The lowest BCUT2D eigenvalue weighted by Gasteiger charge is -2.14. The standard InChI is InChI=1S/C21H20ClNO5/c1-13-4-10-17(22)12-18(13)23-20(25)14(2)28-19(24)11-7-15-5-8-16(9-6-15)21(26)27-3/h4-12,14H,1-3H3,(H,23,25)/b11-7+/t14-/m1/s1. The highest BCUT2D eigenvalue weighted by Gasteiger charge is 2.17. The zero-order valence-electron chi connectivity index (χ0n) is 15.7. The summed E-state index contributed by atoms with van der Waals surface area (Å²) in [7, 11) is 1.30. The average Bonchev–Trinajstić information content (AvgIpc) is 2.68. The fraction of sp³-hybridized carbons (Fsp3) is 0.190. The molecule has 146 valence electrons. The molecule has 2 rings (SSSR count). The van der Waals surface area contributed by atoms with Gasteiger partial charge in [0.25, 0.3) is 5.91 Å². The molecule has 0 saturated carbocycles. The Kier molecular flexibility index (Phi) is 7.35. The van der Waals surface area contributed by atoms with Crippen LogP contribution >= 0.6 is 11.6 Å². The minimum absolute atomic E-state index is 0.406. The Bertz CT molecular complexity index is 906. The van der Waals surface area contributed by atoms with Crippen LogP contribution in [0.25, 0.3) is 6.08 Å². The molecule has 0 bridgehead atoms. The van der Waals surface area contributed by atoms with Gasteiger partial charge in [-0.1, -0.05) is 29.8 Å². The SMILES string of the molecule is COC(=O)c1ccc(/C=C/C(=O)O[C@H](C)C(=O)Nc2cc(Cl)ccc2C)cc1. The zero-order chi connectivity index (χ0) is 20.7. The summed E-state index contributed by atoms with van der Waals surface area (Å²) in [6.45, 7) is 3.31. The number of methoxy groups -OCH3 is 1. The van der Waals surface area contributed by atoms with E-state index in [-0.39, 0.29) is 0 Å². The van der Waals surface area contributed by atoms with Gasteiger partial charge >= 0.3 is 11.9 Å². The number of rotatable bonds is 6. The van der Waals surface area contributed by atoms with Crippen molar-refractivity contribution in [3.05, 3.63) is 70.3 Å². The molecule has 0 heterocycles. The Morgan fingerprint density at radius 3 is 2.43 bits per heavy atom. The van der Waals surface area contributed by atoms with Gasteiger partial charge in [0, 0.05) is 16.8 Å². The van der Waals surface area contributed by atoms with Gasteiger partial charge in [0.2, 0.25) is 0 Å². The van der Waals surface area contributed by atoms with E-state index in [1.54, 1.807) is 42.5 Å². The van der Waals surface area contributed by atoms with Crippen molar-refractivity contribution in [3.8, 4) is 0 Å². The quantitative estimate of drug-likeness (QED) is 0.584. The van der Waals surface area contributed by atoms with Crippen LogP contribution in [0.5, 0.6) is 0 Å². The van der Waals surface area contributed by atoms with Gasteiger partial charge in [0.15, 0.2) is 6.10 Å². The van der Waals surface area contributed by atoms with Crippen molar-refractivity contribution in [2.75, 3.05) is 12.4 Å². The predicted octanol–water partition coefficient (Wildman–Crippen LogP) is 4.02. The number of nitrogens with one attached hydrogen (secondary N) is 1. The van der Waals surface area contributed by atoms with E-state index in [9.17, 15) is 14.4 Å². The summed E-state index contributed by atoms with van der Waals surface area (Å²) < 4.78 is 9.73. The van der Waals surface area contributed by atoms with E-state index < -0.39 is 23.9 Å².